The van der Waals surface area contributed by atoms with E-state index in [9.17, 15) is 22.8 Å². The molecule has 0 radical (unpaired) electrons. The topological polar surface area (TPSA) is 63.6 Å². The van der Waals surface area contributed by atoms with Crippen LogP contribution in [0.15, 0.2) is 0 Å². The Balaban J connectivity index is 3.17. The normalized spacial score (nSPS) is 20.4. The van der Waals surface area contributed by atoms with Gasteiger partial charge < -0.3 is 9.84 Å². The fourth-order valence-electron chi connectivity index (χ4n) is 2.64. The highest BCUT2D eigenvalue weighted by atomic mass is 19.4. The van der Waals surface area contributed by atoms with Crippen molar-refractivity contribution in [3.63, 3.8) is 0 Å². The molecule has 1 rings (SSSR count). The average molecular weight is 268 g/mol. The standard InChI is InChI=1S/C11H15F3O4/c1-18-9(17)10(8(15)16,6-11(12,13)14)7-4-2-3-5-7/h7H,2-6H2,1H3,(H,15,16). The molecule has 0 aliphatic heterocycles. The van der Waals surface area contributed by atoms with E-state index in [1.807, 2.05) is 0 Å². The van der Waals surface area contributed by atoms with Gasteiger partial charge in [0, 0.05) is 0 Å². The number of ether oxygens (including phenoxy) is 1. The molecule has 0 amide bonds. The monoisotopic (exact) mass is 268 g/mol. The Morgan fingerprint density at radius 2 is 1.78 bits per heavy atom. The first-order valence-electron chi connectivity index (χ1n) is 5.62. The van der Waals surface area contributed by atoms with Crippen LogP contribution in [0.4, 0.5) is 13.2 Å². The summed E-state index contributed by atoms with van der Waals surface area (Å²) in [4.78, 5) is 22.9. The molecule has 1 fully saturated rings. The van der Waals surface area contributed by atoms with Crippen LogP contribution in [-0.2, 0) is 14.3 Å². The number of esters is 1. The van der Waals surface area contributed by atoms with Gasteiger partial charge in [0.2, 0.25) is 0 Å². The molecule has 1 unspecified atom stereocenters. The number of aliphatic carboxylic acids is 1. The molecule has 0 aromatic rings. The zero-order valence-electron chi connectivity index (χ0n) is 9.92. The Morgan fingerprint density at radius 3 is 2.11 bits per heavy atom. The van der Waals surface area contributed by atoms with Crippen molar-refractivity contribution >= 4 is 11.9 Å². The molecule has 18 heavy (non-hydrogen) atoms. The molecule has 4 nitrogen and oxygen atoms in total. The third kappa shape index (κ3) is 2.76. The average Bonchev–Trinajstić information content (AvgIpc) is 2.76. The minimum atomic E-state index is -4.73. The minimum Gasteiger partial charge on any atom is -0.480 e. The van der Waals surface area contributed by atoms with Crippen molar-refractivity contribution in [2.24, 2.45) is 11.3 Å². The number of carbonyl (C=O) groups excluding carboxylic acids is 1. The van der Waals surface area contributed by atoms with Gasteiger partial charge in [-0.15, -0.1) is 0 Å². The Kier molecular flexibility index (Phi) is 4.24. The van der Waals surface area contributed by atoms with Crippen molar-refractivity contribution < 1.29 is 32.6 Å². The van der Waals surface area contributed by atoms with Gasteiger partial charge in [-0.25, -0.2) is 0 Å². The maximum Gasteiger partial charge on any atom is 0.390 e. The molecular weight excluding hydrogens is 253 g/mol. The molecule has 0 spiro atoms. The second-order valence-corrected chi connectivity index (χ2v) is 4.54. The summed E-state index contributed by atoms with van der Waals surface area (Å²) in [5, 5.41) is 9.15. The van der Waals surface area contributed by atoms with Crippen LogP contribution in [0.3, 0.4) is 0 Å². The van der Waals surface area contributed by atoms with Crippen LogP contribution in [0.25, 0.3) is 0 Å². The fourth-order valence-corrected chi connectivity index (χ4v) is 2.64. The van der Waals surface area contributed by atoms with E-state index in [0.29, 0.717) is 25.7 Å². The smallest absolute Gasteiger partial charge is 0.390 e. The lowest BCUT2D eigenvalue weighted by atomic mass is 9.71. The second kappa shape index (κ2) is 5.16. The lowest BCUT2D eigenvalue weighted by molar-refractivity contribution is -0.199. The maximum atomic E-state index is 12.6. The molecule has 7 heteroatoms. The Bertz CT molecular complexity index is 334. The summed E-state index contributed by atoms with van der Waals surface area (Å²) >= 11 is 0. The summed E-state index contributed by atoms with van der Waals surface area (Å²) in [6.45, 7) is 0. The van der Waals surface area contributed by atoms with Gasteiger partial charge in [0.25, 0.3) is 0 Å². The van der Waals surface area contributed by atoms with Crippen LogP contribution >= 0.6 is 0 Å². The molecule has 1 aliphatic rings. The van der Waals surface area contributed by atoms with Crippen molar-refractivity contribution in [1.29, 1.82) is 0 Å². The number of carbonyl (C=O) groups is 2. The van der Waals surface area contributed by atoms with Gasteiger partial charge >= 0.3 is 18.1 Å². The van der Waals surface area contributed by atoms with E-state index < -0.39 is 35.9 Å². The number of alkyl halides is 3. The quantitative estimate of drug-likeness (QED) is 0.628. The molecule has 1 atom stereocenters. The number of hydrogen-bond donors (Lipinski definition) is 1. The van der Waals surface area contributed by atoms with Crippen LogP contribution in [-0.4, -0.2) is 30.3 Å². The van der Waals surface area contributed by atoms with Gasteiger partial charge in [-0.2, -0.15) is 13.2 Å². The van der Waals surface area contributed by atoms with Crippen LogP contribution in [0, 0.1) is 11.3 Å². The Labute approximate surface area is 102 Å². The van der Waals surface area contributed by atoms with Gasteiger partial charge in [0.1, 0.15) is 0 Å². The van der Waals surface area contributed by atoms with Crippen LogP contribution in [0.1, 0.15) is 32.1 Å². The highest BCUT2D eigenvalue weighted by Gasteiger charge is 2.59. The lowest BCUT2D eigenvalue weighted by Gasteiger charge is -2.32. The summed E-state index contributed by atoms with van der Waals surface area (Å²) in [6, 6.07) is 0. The van der Waals surface area contributed by atoms with E-state index in [1.165, 1.54) is 0 Å². The fraction of sp³-hybridized carbons (Fsp3) is 0.818. The molecule has 1 saturated carbocycles. The Hall–Kier alpha value is -1.27. The number of hydrogen-bond acceptors (Lipinski definition) is 3. The van der Waals surface area contributed by atoms with Crippen molar-refractivity contribution in [3.8, 4) is 0 Å². The molecule has 1 N–H and O–H groups in total. The summed E-state index contributed by atoms with van der Waals surface area (Å²) in [5.74, 6) is -3.87. The van der Waals surface area contributed by atoms with Gasteiger partial charge in [0.05, 0.1) is 13.5 Å². The SMILES string of the molecule is COC(=O)C(CC(F)(F)F)(C(=O)O)C1CCCC1. The van der Waals surface area contributed by atoms with E-state index in [0.717, 1.165) is 7.11 Å². The molecule has 0 saturated heterocycles. The zero-order chi connectivity index (χ0) is 14.0. The molecule has 1 aliphatic carbocycles. The van der Waals surface area contributed by atoms with Crippen molar-refractivity contribution in [1.82, 2.24) is 0 Å². The predicted molar refractivity (Wildman–Crippen MR) is 54.7 cm³/mol. The lowest BCUT2D eigenvalue weighted by Crippen LogP contribution is -2.48. The number of halogens is 3. The summed E-state index contributed by atoms with van der Waals surface area (Å²) in [7, 11) is 0.908. The van der Waals surface area contributed by atoms with Gasteiger partial charge in [-0.1, -0.05) is 12.8 Å². The van der Waals surface area contributed by atoms with Gasteiger partial charge in [0.15, 0.2) is 5.41 Å². The first kappa shape index (κ1) is 14.8. The van der Waals surface area contributed by atoms with E-state index in [1.54, 1.807) is 0 Å². The maximum absolute atomic E-state index is 12.6. The Morgan fingerprint density at radius 1 is 1.28 bits per heavy atom. The first-order valence-corrected chi connectivity index (χ1v) is 5.62. The number of carboxylic acid groups (broad SMARTS) is 1. The van der Waals surface area contributed by atoms with E-state index in [4.69, 9.17) is 5.11 Å². The van der Waals surface area contributed by atoms with Crippen LogP contribution in [0.5, 0.6) is 0 Å². The van der Waals surface area contributed by atoms with E-state index in [2.05, 4.69) is 4.74 Å². The summed E-state index contributed by atoms with van der Waals surface area (Å²) in [5.41, 5.74) is -2.50. The van der Waals surface area contributed by atoms with Crippen molar-refractivity contribution in [3.05, 3.63) is 0 Å². The van der Waals surface area contributed by atoms with Crippen LogP contribution in [0.2, 0.25) is 0 Å². The molecule has 0 bridgehead atoms. The molecular formula is C11H15F3O4. The second-order valence-electron chi connectivity index (χ2n) is 4.54. The van der Waals surface area contributed by atoms with E-state index in [-0.39, 0.29) is 0 Å². The summed E-state index contributed by atoms with van der Waals surface area (Å²) in [6.07, 6.45) is -4.53. The number of carboxylic acids is 1. The number of rotatable bonds is 4. The highest BCUT2D eigenvalue weighted by Crippen LogP contribution is 2.47. The zero-order valence-corrected chi connectivity index (χ0v) is 9.92. The largest absolute Gasteiger partial charge is 0.480 e. The summed E-state index contributed by atoms with van der Waals surface area (Å²) < 4.78 is 42.1. The molecule has 0 aromatic heterocycles. The highest BCUT2D eigenvalue weighted by molar-refractivity contribution is 5.99. The number of methoxy groups -OCH3 is 1. The molecule has 104 valence electrons. The van der Waals surface area contributed by atoms with Gasteiger partial charge in [-0.05, 0) is 18.8 Å². The van der Waals surface area contributed by atoms with Crippen molar-refractivity contribution in [2.45, 2.75) is 38.3 Å². The molecule has 0 heterocycles. The predicted octanol–water partition coefficient (Wildman–Crippen LogP) is 2.37. The van der Waals surface area contributed by atoms with E-state index >= 15 is 0 Å². The van der Waals surface area contributed by atoms with Crippen LogP contribution < -0.4 is 0 Å². The minimum absolute atomic E-state index is 0.303. The van der Waals surface area contributed by atoms with Gasteiger partial charge in [-0.3, -0.25) is 9.59 Å². The van der Waals surface area contributed by atoms with Crippen molar-refractivity contribution in [2.75, 3.05) is 7.11 Å². The third-order valence-electron chi connectivity index (χ3n) is 3.46. The first-order chi connectivity index (χ1) is 8.24. The third-order valence-corrected chi connectivity index (χ3v) is 3.46. The molecule has 0 aromatic carbocycles.